The van der Waals surface area contributed by atoms with E-state index in [2.05, 4.69) is 27.0 Å². The molecule has 0 radical (unpaired) electrons. The van der Waals surface area contributed by atoms with Gasteiger partial charge in [0.1, 0.15) is 5.82 Å². The number of hydrogen-bond donors (Lipinski definition) is 1. The molecule has 0 aliphatic carbocycles. The Hall–Kier alpha value is -2.83. The maximum absolute atomic E-state index is 13.3. The van der Waals surface area contributed by atoms with Crippen molar-refractivity contribution < 1.29 is 9.53 Å². The lowest BCUT2D eigenvalue weighted by Crippen LogP contribution is -2.47. The van der Waals surface area contributed by atoms with Crippen molar-refractivity contribution in [2.45, 2.75) is 57.0 Å². The first kappa shape index (κ1) is 22.0. The van der Waals surface area contributed by atoms with Crippen molar-refractivity contribution in [1.82, 2.24) is 19.8 Å². The molecule has 172 valence electrons. The lowest BCUT2D eigenvalue weighted by atomic mass is 10.0. The molecule has 2 aromatic carbocycles. The van der Waals surface area contributed by atoms with E-state index in [9.17, 15) is 4.79 Å². The molecule has 7 heteroatoms. The topological polar surface area (TPSA) is 59.4 Å². The van der Waals surface area contributed by atoms with Crippen molar-refractivity contribution in [2.75, 3.05) is 6.54 Å². The number of imidazole rings is 1. The van der Waals surface area contributed by atoms with Crippen LogP contribution < -0.4 is 5.32 Å². The van der Waals surface area contributed by atoms with Gasteiger partial charge in [0.25, 0.3) is 0 Å². The number of likely N-dealkylation sites (tertiary alicyclic amines) is 1. The summed E-state index contributed by atoms with van der Waals surface area (Å²) in [4.78, 5) is 19.9. The Morgan fingerprint density at radius 1 is 1.18 bits per heavy atom. The van der Waals surface area contributed by atoms with Gasteiger partial charge in [-0.05, 0) is 43.0 Å². The number of amides is 2. The van der Waals surface area contributed by atoms with Gasteiger partial charge >= 0.3 is 6.03 Å². The summed E-state index contributed by atoms with van der Waals surface area (Å²) in [7, 11) is 0. The van der Waals surface area contributed by atoms with Crippen LogP contribution in [0.5, 0.6) is 0 Å². The second-order valence-electron chi connectivity index (χ2n) is 8.92. The van der Waals surface area contributed by atoms with Gasteiger partial charge in [0.2, 0.25) is 0 Å². The molecule has 2 amide bonds. The van der Waals surface area contributed by atoms with Gasteiger partial charge in [0, 0.05) is 36.9 Å². The molecule has 4 atom stereocenters. The molecular formula is C26H29ClN4O2. The van der Waals surface area contributed by atoms with E-state index in [1.807, 2.05) is 66.7 Å². The lowest BCUT2D eigenvalue weighted by Gasteiger charge is -2.27. The zero-order chi connectivity index (χ0) is 22.8. The highest BCUT2D eigenvalue weighted by Crippen LogP contribution is 2.35. The van der Waals surface area contributed by atoms with Gasteiger partial charge in [-0.25, -0.2) is 9.78 Å². The fraction of sp³-hybridized carbons (Fsp3) is 0.385. The molecule has 6 nitrogen and oxygen atoms in total. The Kier molecular flexibility index (Phi) is 6.38. The summed E-state index contributed by atoms with van der Waals surface area (Å²) in [5.74, 6) is 0.926. The summed E-state index contributed by atoms with van der Waals surface area (Å²) in [6.45, 7) is 3.47. The fourth-order valence-electron chi connectivity index (χ4n) is 4.95. The van der Waals surface area contributed by atoms with Crippen LogP contribution in [0.2, 0.25) is 5.02 Å². The van der Waals surface area contributed by atoms with Gasteiger partial charge in [0.05, 0.1) is 24.3 Å². The van der Waals surface area contributed by atoms with Gasteiger partial charge in [-0.2, -0.15) is 0 Å². The van der Waals surface area contributed by atoms with Crippen LogP contribution in [0.15, 0.2) is 67.0 Å². The summed E-state index contributed by atoms with van der Waals surface area (Å²) in [6, 6.07) is 18.0. The number of halogens is 1. The third-order valence-electron chi connectivity index (χ3n) is 6.72. The molecule has 0 spiro atoms. The number of carbonyl (C=O) groups excluding carboxylic acids is 1. The molecule has 2 aliphatic rings. The molecule has 2 aliphatic heterocycles. The number of urea groups is 1. The number of aromatic nitrogens is 2. The Labute approximate surface area is 199 Å². The molecule has 2 saturated heterocycles. The van der Waals surface area contributed by atoms with Crippen molar-refractivity contribution in [3.63, 3.8) is 0 Å². The minimum Gasteiger partial charge on any atom is -0.368 e. The normalized spacial score (nSPS) is 24.8. The van der Waals surface area contributed by atoms with Crippen LogP contribution in [-0.4, -0.2) is 39.2 Å². The van der Waals surface area contributed by atoms with Crippen LogP contribution in [0.4, 0.5) is 4.79 Å². The zero-order valence-electron chi connectivity index (χ0n) is 18.7. The lowest BCUT2D eigenvalue weighted by molar-refractivity contribution is 0.0497. The van der Waals surface area contributed by atoms with E-state index in [4.69, 9.17) is 16.3 Å². The first-order valence-corrected chi connectivity index (χ1v) is 12.0. The summed E-state index contributed by atoms with van der Waals surface area (Å²) >= 11 is 6.03. The molecule has 2 fully saturated rings. The summed E-state index contributed by atoms with van der Waals surface area (Å²) in [5.41, 5.74) is 2.31. The predicted molar refractivity (Wildman–Crippen MR) is 128 cm³/mol. The quantitative estimate of drug-likeness (QED) is 0.553. The van der Waals surface area contributed by atoms with Gasteiger partial charge in [-0.1, -0.05) is 54.1 Å². The Bertz CT molecular complexity index is 1090. The standard InChI is InChI=1S/C26H29ClN4O2/c1-18-22(16-24(33-18)20-6-3-2-4-7-20)29-26(32)31-14-5-8-23(31)25-28-13-15-30(25)17-19-9-11-21(27)12-10-19/h2-4,6-7,9-13,15,18,22-24H,5,8,14,16-17H2,1H3,(H,29,32)/t18?,22?,23-,24?/m1/s1. The largest absolute Gasteiger partial charge is 0.368 e. The SMILES string of the molecule is CC1OC(c2ccccc2)CC1NC(=O)N1CCC[C@@H]1c1nccn1Cc1ccc(Cl)cc1. The number of rotatable bonds is 5. The van der Waals surface area contributed by atoms with Gasteiger partial charge in [-0.3, -0.25) is 0 Å². The van der Waals surface area contributed by atoms with E-state index in [1.165, 1.54) is 0 Å². The van der Waals surface area contributed by atoms with Crippen LogP contribution in [-0.2, 0) is 11.3 Å². The predicted octanol–water partition coefficient (Wildman–Crippen LogP) is 5.35. The van der Waals surface area contributed by atoms with Crippen LogP contribution >= 0.6 is 11.6 Å². The van der Waals surface area contributed by atoms with E-state index in [-0.39, 0.29) is 30.3 Å². The van der Waals surface area contributed by atoms with Crippen molar-refractivity contribution in [3.05, 3.63) is 89.0 Å². The maximum Gasteiger partial charge on any atom is 0.318 e. The summed E-state index contributed by atoms with van der Waals surface area (Å²) in [5, 5.41) is 3.97. The minimum absolute atomic E-state index is 0.0131. The van der Waals surface area contributed by atoms with E-state index < -0.39 is 0 Å². The molecule has 0 bridgehead atoms. The van der Waals surface area contributed by atoms with Crippen LogP contribution in [0.3, 0.4) is 0 Å². The minimum atomic E-state index is -0.0351. The number of hydrogen-bond acceptors (Lipinski definition) is 3. The number of nitrogens with zero attached hydrogens (tertiary/aromatic N) is 3. The van der Waals surface area contributed by atoms with Crippen molar-refractivity contribution in [2.24, 2.45) is 0 Å². The molecule has 1 aromatic heterocycles. The molecule has 3 aromatic rings. The van der Waals surface area contributed by atoms with Gasteiger partial charge < -0.3 is 19.5 Å². The van der Waals surface area contributed by atoms with Crippen molar-refractivity contribution in [3.8, 4) is 0 Å². The highest BCUT2D eigenvalue weighted by molar-refractivity contribution is 6.30. The smallest absolute Gasteiger partial charge is 0.318 e. The zero-order valence-corrected chi connectivity index (χ0v) is 19.5. The van der Waals surface area contributed by atoms with E-state index >= 15 is 0 Å². The highest BCUT2D eigenvalue weighted by Gasteiger charge is 2.38. The molecule has 3 heterocycles. The number of benzene rings is 2. The van der Waals surface area contributed by atoms with Gasteiger partial charge in [0.15, 0.2) is 0 Å². The van der Waals surface area contributed by atoms with E-state index in [0.29, 0.717) is 6.54 Å². The highest BCUT2D eigenvalue weighted by atomic mass is 35.5. The van der Waals surface area contributed by atoms with Crippen LogP contribution in [0.25, 0.3) is 0 Å². The Morgan fingerprint density at radius 2 is 1.97 bits per heavy atom. The summed E-state index contributed by atoms with van der Waals surface area (Å²) < 4.78 is 8.29. The van der Waals surface area contributed by atoms with Crippen LogP contribution in [0.1, 0.15) is 55.3 Å². The summed E-state index contributed by atoms with van der Waals surface area (Å²) in [6.07, 6.45) is 6.43. The third-order valence-corrected chi connectivity index (χ3v) is 6.97. The monoisotopic (exact) mass is 464 g/mol. The average Bonchev–Trinajstić information content (AvgIpc) is 3.56. The van der Waals surface area contributed by atoms with Gasteiger partial charge in [-0.15, -0.1) is 0 Å². The van der Waals surface area contributed by atoms with E-state index in [0.717, 1.165) is 47.8 Å². The molecule has 5 rings (SSSR count). The fourth-order valence-corrected chi connectivity index (χ4v) is 5.07. The average molecular weight is 465 g/mol. The second-order valence-corrected chi connectivity index (χ2v) is 9.36. The van der Waals surface area contributed by atoms with Crippen LogP contribution in [0, 0.1) is 0 Å². The maximum atomic E-state index is 13.3. The first-order valence-electron chi connectivity index (χ1n) is 11.6. The van der Waals surface area contributed by atoms with E-state index in [1.54, 1.807) is 0 Å². The first-order chi connectivity index (χ1) is 16.1. The third kappa shape index (κ3) is 4.77. The molecule has 1 N–H and O–H groups in total. The Balaban J connectivity index is 1.26. The molecule has 3 unspecified atom stereocenters. The molecule has 33 heavy (non-hydrogen) atoms. The molecule has 0 saturated carbocycles. The Morgan fingerprint density at radius 3 is 2.76 bits per heavy atom. The van der Waals surface area contributed by atoms with Crippen molar-refractivity contribution >= 4 is 17.6 Å². The second kappa shape index (κ2) is 9.57. The number of ether oxygens (including phenoxy) is 1. The number of nitrogens with one attached hydrogen (secondary N) is 1. The molecular weight excluding hydrogens is 436 g/mol. The number of carbonyl (C=O) groups is 1. The van der Waals surface area contributed by atoms with Crippen molar-refractivity contribution in [1.29, 1.82) is 0 Å².